The largest absolute Gasteiger partial charge is 0.396 e. The molecule has 0 aromatic rings. The first-order chi connectivity index (χ1) is 8.05. The molecule has 0 aliphatic carbocycles. The minimum Gasteiger partial charge on any atom is -0.396 e. The van der Waals surface area contributed by atoms with E-state index < -0.39 is 10.0 Å². The van der Waals surface area contributed by atoms with Crippen molar-refractivity contribution in [3.05, 3.63) is 0 Å². The summed E-state index contributed by atoms with van der Waals surface area (Å²) >= 11 is 0. The van der Waals surface area contributed by atoms with Crippen molar-refractivity contribution in [1.29, 1.82) is 0 Å². The highest BCUT2D eigenvalue weighted by Gasteiger charge is 2.13. The van der Waals surface area contributed by atoms with Crippen LogP contribution in [0.2, 0.25) is 0 Å². The summed E-state index contributed by atoms with van der Waals surface area (Å²) in [4.78, 5) is 0. The highest BCUT2D eigenvalue weighted by atomic mass is 32.2. The molecule has 0 radical (unpaired) electrons. The Balaban J connectivity index is 3.95. The van der Waals surface area contributed by atoms with E-state index >= 15 is 0 Å². The Kier molecular flexibility index (Phi) is 9.72. The molecular weight excluding hydrogens is 242 g/mol. The maximum absolute atomic E-state index is 11.6. The van der Waals surface area contributed by atoms with Crippen LogP contribution in [0.25, 0.3) is 0 Å². The highest BCUT2D eigenvalue weighted by molar-refractivity contribution is 7.89. The number of hydrogen-bond acceptors (Lipinski definition) is 4. The molecule has 5 nitrogen and oxygen atoms in total. The fourth-order valence-corrected chi connectivity index (χ4v) is 2.54. The van der Waals surface area contributed by atoms with Gasteiger partial charge in [0.15, 0.2) is 0 Å². The molecule has 2 N–H and O–H groups in total. The van der Waals surface area contributed by atoms with E-state index in [1.54, 1.807) is 0 Å². The van der Waals surface area contributed by atoms with Gasteiger partial charge in [-0.1, -0.05) is 13.3 Å². The van der Waals surface area contributed by atoms with Gasteiger partial charge >= 0.3 is 0 Å². The van der Waals surface area contributed by atoms with Crippen molar-refractivity contribution in [2.45, 2.75) is 33.1 Å². The van der Waals surface area contributed by atoms with Crippen LogP contribution in [0.4, 0.5) is 0 Å². The second-order valence-corrected chi connectivity index (χ2v) is 5.96. The van der Waals surface area contributed by atoms with Crippen molar-refractivity contribution in [1.82, 2.24) is 4.72 Å². The standard InChI is InChI=1S/C11H25NO4S/c1-3-5-11(6-7-13)10-12-17(14,15)9-8-16-4-2/h11-13H,3-10H2,1-2H3. The molecule has 0 bridgehead atoms. The molecule has 1 unspecified atom stereocenters. The summed E-state index contributed by atoms with van der Waals surface area (Å²) in [5, 5.41) is 8.87. The smallest absolute Gasteiger partial charge is 0.213 e. The van der Waals surface area contributed by atoms with Gasteiger partial charge in [0, 0.05) is 19.8 Å². The zero-order chi connectivity index (χ0) is 13.1. The summed E-state index contributed by atoms with van der Waals surface area (Å²) in [6.45, 7) is 5.14. The number of nitrogens with one attached hydrogen (secondary N) is 1. The SMILES string of the molecule is CCCC(CCO)CNS(=O)(=O)CCOCC. The number of aliphatic hydroxyl groups excluding tert-OH is 1. The zero-order valence-corrected chi connectivity index (χ0v) is 11.6. The van der Waals surface area contributed by atoms with Gasteiger partial charge in [-0.3, -0.25) is 0 Å². The summed E-state index contributed by atoms with van der Waals surface area (Å²) in [6, 6.07) is 0. The lowest BCUT2D eigenvalue weighted by atomic mass is 10.0. The van der Waals surface area contributed by atoms with Crippen LogP contribution in [-0.4, -0.2) is 45.6 Å². The number of sulfonamides is 1. The van der Waals surface area contributed by atoms with Gasteiger partial charge in [0.2, 0.25) is 10.0 Å². The Morgan fingerprint density at radius 1 is 1.29 bits per heavy atom. The van der Waals surface area contributed by atoms with Crippen LogP contribution in [0.5, 0.6) is 0 Å². The fourth-order valence-electron chi connectivity index (χ4n) is 1.57. The van der Waals surface area contributed by atoms with Gasteiger partial charge in [0.05, 0.1) is 12.4 Å². The Morgan fingerprint density at radius 2 is 2.00 bits per heavy atom. The third-order valence-corrected chi connectivity index (χ3v) is 3.84. The summed E-state index contributed by atoms with van der Waals surface area (Å²) in [5.41, 5.74) is 0. The molecule has 0 heterocycles. The first-order valence-electron chi connectivity index (χ1n) is 6.21. The fraction of sp³-hybridized carbons (Fsp3) is 1.00. The molecule has 17 heavy (non-hydrogen) atoms. The molecule has 0 aliphatic rings. The summed E-state index contributed by atoms with van der Waals surface area (Å²) < 4.78 is 30.7. The lowest BCUT2D eigenvalue weighted by Gasteiger charge is -2.15. The van der Waals surface area contributed by atoms with Gasteiger partial charge in [-0.25, -0.2) is 13.1 Å². The number of ether oxygens (including phenoxy) is 1. The van der Waals surface area contributed by atoms with E-state index in [1.165, 1.54) is 0 Å². The van der Waals surface area contributed by atoms with Crippen LogP contribution in [-0.2, 0) is 14.8 Å². The van der Waals surface area contributed by atoms with Crippen molar-refractivity contribution < 1.29 is 18.3 Å². The predicted molar refractivity (Wildman–Crippen MR) is 68.4 cm³/mol. The van der Waals surface area contributed by atoms with Gasteiger partial charge in [0.25, 0.3) is 0 Å². The van der Waals surface area contributed by atoms with Crippen LogP contribution < -0.4 is 4.72 Å². The number of hydrogen-bond donors (Lipinski definition) is 2. The Bertz CT molecular complexity index is 261. The molecule has 6 heteroatoms. The second-order valence-electron chi connectivity index (χ2n) is 4.03. The van der Waals surface area contributed by atoms with Gasteiger partial charge in [-0.2, -0.15) is 0 Å². The van der Waals surface area contributed by atoms with Gasteiger partial charge in [-0.05, 0) is 25.7 Å². The third-order valence-electron chi connectivity index (χ3n) is 2.53. The molecular formula is C11H25NO4S. The minimum absolute atomic E-state index is 0.00118. The molecule has 0 aromatic carbocycles. The predicted octanol–water partition coefficient (Wildman–Crippen LogP) is 0.741. The van der Waals surface area contributed by atoms with Crippen LogP contribution in [0.1, 0.15) is 33.1 Å². The van der Waals surface area contributed by atoms with Crippen LogP contribution >= 0.6 is 0 Å². The van der Waals surface area contributed by atoms with E-state index in [0.717, 1.165) is 12.8 Å². The summed E-state index contributed by atoms with van der Waals surface area (Å²) in [5.74, 6) is 0.214. The molecule has 0 saturated carbocycles. The first kappa shape index (κ1) is 16.8. The second kappa shape index (κ2) is 9.82. The summed E-state index contributed by atoms with van der Waals surface area (Å²) in [7, 11) is -3.24. The summed E-state index contributed by atoms with van der Waals surface area (Å²) in [6.07, 6.45) is 2.56. The van der Waals surface area contributed by atoms with E-state index in [-0.39, 0.29) is 24.9 Å². The van der Waals surface area contributed by atoms with E-state index in [1.807, 2.05) is 13.8 Å². The third kappa shape index (κ3) is 9.52. The normalized spacial score (nSPS) is 13.8. The van der Waals surface area contributed by atoms with E-state index in [9.17, 15) is 8.42 Å². The Morgan fingerprint density at radius 3 is 2.53 bits per heavy atom. The van der Waals surface area contributed by atoms with Gasteiger partial charge in [0.1, 0.15) is 0 Å². The monoisotopic (exact) mass is 267 g/mol. The Hall–Kier alpha value is -0.170. The van der Waals surface area contributed by atoms with E-state index in [0.29, 0.717) is 19.6 Å². The van der Waals surface area contributed by atoms with Crippen molar-refractivity contribution in [3.63, 3.8) is 0 Å². The molecule has 104 valence electrons. The molecule has 0 fully saturated rings. The maximum atomic E-state index is 11.6. The van der Waals surface area contributed by atoms with Gasteiger partial charge < -0.3 is 9.84 Å². The van der Waals surface area contributed by atoms with Crippen molar-refractivity contribution >= 4 is 10.0 Å². The number of aliphatic hydroxyl groups is 1. The molecule has 1 atom stereocenters. The molecule has 0 saturated heterocycles. The van der Waals surface area contributed by atoms with Crippen LogP contribution in [0.3, 0.4) is 0 Å². The molecule has 0 rings (SSSR count). The quantitative estimate of drug-likeness (QED) is 0.541. The van der Waals surface area contributed by atoms with E-state index in [2.05, 4.69) is 4.72 Å². The number of rotatable bonds is 11. The van der Waals surface area contributed by atoms with Crippen LogP contribution in [0.15, 0.2) is 0 Å². The average Bonchev–Trinajstić information content (AvgIpc) is 2.27. The highest BCUT2D eigenvalue weighted by Crippen LogP contribution is 2.09. The average molecular weight is 267 g/mol. The van der Waals surface area contributed by atoms with Crippen molar-refractivity contribution in [2.24, 2.45) is 5.92 Å². The molecule has 0 amide bonds. The first-order valence-corrected chi connectivity index (χ1v) is 7.86. The van der Waals surface area contributed by atoms with E-state index in [4.69, 9.17) is 9.84 Å². The molecule has 0 spiro atoms. The maximum Gasteiger partial charge on any atom is 0.213 e. The lowest BCUT2D eigenvalue weighted by Crippen LogP contribution is -2.33. The van der Waals surface area contributed by atoms with Crippen molar-refractivity contribution in [2.75, 3.05) is 32.1 Å². The molecule has 0 aromatic heterocycles. The lowest BCUT2D eigenvalue weighted by molar-refractivity contribution is 0.163. The van der Waals surface area contributed by atoms with Crippen LogP contribution in [0, 0.1) is 5.92 Å². The topological polar surface area (TPSA) is 75.6 Å². The minimum atomic E-state index is -3.24. The zero-order valence-electron chi connectivity index (χ0n) is 10.8. The Labute approximate surface area is 105 Å². The van der Waals surface area contributed by atoms with Crippen molar-refractivity contribution in [3.8, 4) is 0 Å². The molecule has 0 aliphatic heterocycles. The van der Waals surface area contributed by atoms with Gasteiger partial charge in [-0.15, -0.1) is 0 Å².